The van der Waals surface area contributed by atoms with Gasteiger partial charge in [-0.1, -0.05) is 27.7 Å². The average molecular weight is 1880 g/mol. The van der Waals surface area contributed by atoms with Gasteiger partial charge in [-0.15, -0.1) is 0 Å². The Labute approximate surface area is 763 Å². The lowest BCUT2D eigenvalue weighted by Gasteiger charge is -2.38. The van der Waals surface area contributed by atoms with Gasteiger partial charge in [0.15, 0.2) is 16.8 Å². The van der Waals surface area contributed by atoms with Gasteiger partial charge in [0.25, 0.3) is 45.2 Å². The largest absolute Gasteiger partial charge is 0.382 e. The Balaban J connectivity index is 0.000000236. The molecule has 0 amide bonds. The third-order valence-electron chi connectivity index (χ3n) is 21.4. The van der Waals surface area contributed by atoms with Crippen LogP contribution in [0.3, 0.4) is 0 Å². The number of nitrogens with one attached hydrogen (secondary N) is 2. The van der Waals surface area contributed by atoms with Gasteiger partial charge in [0, 0.05) is 125 Å². The number of hydrogen-bond acceptors (Lipinski definition) is 34. The molecule has 40 nitrogen and oxygen atoms in total. The Morgan fingerprint density at radius 3 is 1.05 bits per heavy atom. The molecule has 0 bridgehead atoms. The van der Waals surface area contributed by atoms with Crippen molar-refractivity contribution in [3.8, 4) is 24.3 Å². The van der Waals surface area contributed by atoms with E-state index in [-0.39, 0.29) is 171 Å². The molecule has 4 aliphatic heterocycles. The summed E-state index contributed by atoms with van der Waals surface area (Å²) in [5.74, 6) is -0.0131. The number of nitrogens with zero attached hydrogens (tertiary/aromatic N) is 18. The number of hydrogen-bond donors (Lipinski definition) is 2. The second kappa shape index (κ2) is 53.4. The first-order chi connectivity index (χ1) is 61.4. The van der Waals surface area contributed by atoms with Crippen molar-refractivity contribution in [2.45, 2.75) is 307 Å². The van der Waals surface area contributed by atoms with Gasteiger partial charge in [0.1, 0.15) is 91.4 Å². The molecule has 4 aliphatic rings. The van der Waals surface area contributed by atoms with Gasteiger partial charge in [-0.05, 0) is 138 Å². The summed E-state index contributed by atoms with van der Waals surface area (Å²) >= 11 is 0. The molecule has 0 radical (unpaired) electrons. The smallest absolute Gasteiger partial charge is 0.349 e. The van der Waals surface area contributed by atoms with Crippen molar-refractivity contribution in [1.82, 2.24) is 76.8 Å². The van der Waals surface area contributed by atoms with E-state index >= 15 is 0 Å². The summed E-state index contributed by atoms with van der Waals surface area (Å²) in [5.41, 5.74) is 2.06. The van der Waals surface area contributed by atoms with E-state index in [1.807, 2.05) is 32.3 Å². The van der Waals surface area contributed by atoms with Crippen molar-refractivity contribution < 1.29 is 74.1 Å². The van der Waals surface area contributed by atoms with Crippen molar-refractivity contribution in [2.24, 2.45) is 23.7 Å². The van der Waals surface area contributed by atoms with Crippen LogP contribution in [0.15, 0.2) is 62.7 Å². The number of aryl methyl sites for hydroxylation is 3. The fraction of sp³-hybridized carbons (Fsp3) is 0.741. The predicted octanol–water partition coefficient (Wildman–Crippen LogP) is 13.0. The fourth-order valence-corrected chi connectivity index (χ4v) is 23.3. The van der Waals surface area contributed by atoms with Gasteiger partial charge in [-0.25, -0.2) is 53.2 Å². The highest BCUT2D eigenvalue weighted by Crippen LogP contribution is 2.56. The highest BCUT2D eigenvalue weighted by atomic mass is 31.2. The van der Waals surface area contributed by atoms with Crippen LogP contribution >= 0.6 is 34.1 Å². The zero-order valence-electron chi connectivity index (χ0n) is 79.9. The zero-order valence-corrected chi connectivity index (χ0v) is 83.5. The third kappa shape index (κ3) is 29.2. The Kier molecular flexibility index (Phi) is 45.3. The van der Waals surface area contributed by atoms with Crippen molar-refractivity contribution in [3.63, 3.8) is 0 Å². The van der Waals surface area contributed by atoms with Gasteiger partial charge in [0.2, 0.25) is 0 Å². The lowest BCUT2D eigenvalue weighted by molar-refractivity contribution is -0.0544. The van der Waals surface area contributed by atoms with Crippen LogP contribution in [0, 0.1) is 89.8 Å². The minimum Gasteiger partial charge on any atom is -0.382 e. The van der Waals surface area contributed by atoms with Gasteiger partial charge in [-0.2, -0.15) is 26.0 Å². The highest BCUT2D eigenvalue weighted by Gasteiger charge is 2.52. The maximum Gasteiger partial charge on any atom is 0.349 e. The number of imidazole rings is 2. The minimum absolute atomic E-state index is 0.0245. The molecule has 4 fully saturated rings. The number of methoxy groups -OCH3 is 4. The summed E-state index contributed by atoms with van der Waals surface area (Å²) in [6.45, 7) is 49.5. The monoisotopic (exact) mass is 1880 g/mol. The van der Waals surface area contributed by atoms with E-state index in [4.69, 9.17) is 95.1 Å². The van der Waals surface area contributed by atoms with E-state index in [1.165, 1.54) is 21.4 Å². The minimum atomic E-state index is -1.49. The van der Waals surface area contributed by atoms with Crippen LogP contribution in [-0.2, 0) is 74.1 Å². The molecule has 0 aromatic carbocycles. The van der Waals surface area contributed by atoms with E-state index in [0.717, 1.165) is 16.9 Å². The molecule has 44 heteroatoms. The van der Waals surface area contributed by atoms with Gasteiger partial charge in [-0.3, -0.25) is 32.8 Å². The molecule has 129 heavy (non-hydrogen) atoms. The summed E-state index contributed by atoms with van der Waals surface area (Å²) in [7, 11) is 0.656. The second-order valence-electron chi connectivity index (χ2n) is 34.0. The maximum atomic E-state index is 12.5. The Bertz CT molecular complexity index is 4790. The Morgan fingerprint density at radius 2 is 0.736 bits per heavy atom. The molecule has 6 aromatic heterocycles. The van der Waals surface area contributed by atoms with Crippen molar-refractivity contribution >= 4 is 56.4 Å². The van der Waals surface area contributed by atoms with Gasteiger partial charge in [0.05, 0.1) is 121 Å². The van der Waals surface area contributed by atoms with Crippen LogP contribution in [-0.4, -0.2) is 255 Å². The molecule has 718 valence electrons. The van der Waals surface area contributed by atoms with Crippen molar-refractivity contribution in [3.05, 3.63) is 102 Å². The van der Waals surface area contributed by atoms with Crippen LogP contribution in [0.4, 0.5) is 0 Å². The molecule has 0 saturated carbocycles. The Morgan fingerprint density at radius 1 is 0.419 bits per heavy atom. The van der Waals surface area contributed by atoms with Gasteiger partial charge < -0.3 is 79.1 Å². The molecule has 8 unspecified atom stereocenters. The molecule has 10 rings (SSSR count). The quantitative estimate of drug-likeness (QED) is 0.0265. The molecule has 0 spiro atoms. The molecule has 0 aliphatic carbocycles. The third-order valence-corrected chi connectivity index (χ3v) is 29.9. The summed E-state index contributed by atoms with van der Waals surface area (Å²) in [6, 6.07) is 13.0. The van der Waals surface area contributed by atoms with E-state index in [1.54, 1.807) is 78.1 Å². The molecule has 4 saturated heterocycles. The summed E-state index contributed by atoms with van der Waals surface area (Å²) in [4.78, 5) is 79.5. The maximum absolute atomic E-state index is 12.5. The summed E-state index contributed by atoms with van der Waals surface area (Å²) in [6.07, 6.45) is 4.38. The zero-order chi connectivity index (χ0) is 95.4. The molecule has 20 atom stereocenters. The predicted molar refractivity (Wildman–Crippen MR) is 488 cm³/mol. The number of nitriles is 4. The standard InChI is InChI=1S/C22H35N6O5P.C22H35N6O4P.C21H35N4O5P.C20H33N4O6P/c1-13(2)28(14(3)4)34(31-10-8-9-23)33-19-15(5)22(32-17(19)11-30-7)27-12-24-18-20(27)25-16(6)26-21(18)29;1-14(2)28(15(3)4)33(30-10-8-9-23)32-20-16(5)22(31-18(20)11-29-7)27-13-26-19-17(6)24-12-25-21(19)27;1-14(2)25(15(3)4)31(28-12-8-10-22)30-19-17(6)20(29-18(19)13-27-7)24-11-9-16(5)23-21(24)26;1-13(2)24(14(3)4)31(28-11-7-9-21)30-18-15(5)19(29-16(18)12-27-6)23-10-8-17(25)22-20(23)26/h12-15,17,19,22H,8,10-11H2,1-7H3,(H,25,26,29);12-16,18,20,22H,8,10-11H2,1-7H3;9,11,14-15,17-20H,8,12-13H2,1-7H3;8,10,13-16,18-19H,7,11-12H2,1-6H3,(H,22,25,26)/t15-,17+,19?,22+,34?;16-,18+,20?,22+,33?;17-,18+,19?,20+,31?;15-,16+,18?,19+,31?/m0000/s1. The Hall–Kier alpha value is -6.66. The molecule has 2 N–H and O–H groups in total. The van der Waals surface area contributed by atoms with Crippen molar-refractivity contribution in [1.29, 1.82) is 21.0 Å². The summed E-state index contributed by atoms with van der Waals surface area (Å²) < 4.78 is 113. The van der Waals surface area contributed by atoms with E-state index in [2.05, 4.69) is 201 Å². The normalized spacial score (nSPS) is 24.4. The van der Waals surface area contributed by atoms with Crippen LogP contribution < -0.4 is 22.5 Å². The van der Waals surface area contributed by atoms with Crippen LogP contribution in [0.2, 0.25) is 0 Å². The SMILES string of the molecule is COC[C@H]1O[C@@H](n2ccc(=O)[nH]c2=O)[C@@H](C)C1OP(OCCC#N)N(C(C)C)C(C)C.COC[C@H]1O[C@@H](n2ccc(C)nc2=O)[C@@H](C)C1OP(OCCC#N)N(C(C)C)C(C)C.COC[C@H]1O[C@@H](n2cnc3c(=O)[nH]c(C)nc32)[C@@H](C)C1OP(OCCC#N)N(C(C)C)C(C)C.COC[C@H]1O[C@@H](n2cnc3c(C)ncnc32)[C@@H](C)C1OP(OCCC#N)N(C(C)C)C(C)C. The van der Waals surface area contributed by atoms with Crippen LogP contribution in [0.1, 0.15) is 206 Å². The first kappa shape index (κ1) is 109. The molecule has 6 aromatic rings. The van der Waals surface area contributed by atoms with Gasteiger partial charge >= 0.3 is 11.4 Å². The highest BCUT2D eigenvalue weighted by molar-refractivity contribution is 7.45. The first-order valence-corrected chi connectivity index (χ1v) is 48.4. The molecular weight excluding hydrogens is 1740 g/mol. The van der Waals surface area contributed by atoms with E-state index in [9.17, 15) is 19.2 Å². The number of H-pyrrole nitrogens is 2. The number of aromatic amines is 2. The lowest BCUT2D eigenvalue weighted by atomic mass is 10.0. The molecule has 10 heterocycles. The first-order valence-electron chi connectivity index (χ1n) is 43.9. The van der Waals surface area contributed by atoms with Crippen LogP contribution in [0.5, 0.6) is 0 Å². The van der Waals surface area contributed by atoms with Crippen molar-refractivity contribution in [2.75, 3.05) is 81.3 Å². The fourth-order valence-electron chi connectivity index (χ4n) is 15.9. The lowest BCUT2D eigenvalue weighted by Crippen LogP contribution is -2.38. The molecular formula is C85H138N20O20P4. The number of aromatic nitrogens is 12. The van der Waals surface area contributed by atoms with E-state index < -0.39 is 76.2 Å². The average Bonchev–Trinajstić information content (AvgIpc) is 1.61. The topological polar surface area (TPSA) is 453 Å². The van der Waals surface area contributed by atoms with Crippen LogP contribution in [0.25, 0.3) is 22.3 Å². The number of ether oxygens (including phenoxy) is 8. The number of fused-ring (bicyclic) bond motifs is 2. The van der Waals surface area contributed by atoms with E-state index in [0.29, 0.717) is 56.6 Å². The number of rotatable bonds is 44. The second-order valence-corrected chi connectivity index (χ2v) is 39.6. The summed E-state index contributed by atoms with van der Waals surface area (Å²) in [5, 5.41) is 35.8.